The van der Waals surface area contributed by atoms with Gasteiger partial charge in [-0.25, -0.2) is 0 Å². The molecule has 14 heavy (non-hydrogen) atoms. The van der Waals surface area contributed by atoms with E-state index in [1.54, 1.807) is 19.3 Å². The van der Waals surface area contributed by atoms with Crippen LogP contribution in [0.15, 0.2) is 18.5 Å². The van der Waals surface area contributed by atoms with E-state index in [9.17, 15) is 4.79 Å². The van der Waals surface area contributed by atoms with Crippen LogP contribution in [0.25, 0.3) is 0 Å². The Morgan fingerprint density at radius 2 is 2.36 bits per heavy atom. The maximum Gasteiger partial charge on any atom is 0.130 e. The number of carbonyl (C=O) groups excluding carboxylic acids is 1. The number of hydrogen-bond donors (Lipinski definition) is 0. The molecule has 0 aliphatic carbocycles. The van der Waals surface area contributed by atoms with Crippen molar-refractivity contribution in [2.75, 3.05) is 0 Å². The quantitative estimate of drug-likeness (QED) is 0.767. The van der Waals surface area contributed by atoms with Crippen LogP contribution in [0.4, 0.5) is 0 Å². The van der Waals surface area contributed by atoms with Crippen molar-refractivity contribution in [1.29, 1.82) is 0 Å². The number of rotatable bonds is 4. The highest BCUT2D eigenvalue weighted by Crippen LogP contribution is 2.19. The first-order chi connectivity index (χ1) is 6.59. The van der Waals surface area contributed by atoms with E-state index in [-0.39, 0.29) is 5.78 Å². The van der Waals surface area contributed by atoms with Crippen molar-refractivity contribution < 1.29 is 4.79 Å². The first-order valence-corrected chi connectivity index (χ1v) is 5.05. The van der Waals surface area contributed by atoms with Crippen molar-refractivity contribution in [2.24, 2.45) is 5.92 Å². The Hall–Kier alpha value is -0.890. The van der Waals surface area contributed by atoms with E-state index in [0.29, 0.717) is 17.4 Å². The van der Waals surface area contributed by atoms with Crippen LogP contribution >= 0.6 is 11.6 Å². The van der Waals surface area contributed by atoms with Gasteiger partial charge in [-0.1, -0.05) is 18.5 Å². The van der Waals surface area contributed by atoms with Crippen LogP contribution in [0.5, 0.6) is 0 Å². The van der Waals surface area contributed by atoms with Gasteiger partial charge in [-0.3, -0.25) is 4.98 Å². The zero-order chi connectivity index (χ0) is 10.6. The van der Waals surface area contributed by atoms with Crippen molar-refractivity contribution in [3.63, 3.8) is 0 Å². The topological polar surface area (TPSA) is 30.0 Å². The predicted molar refractivity (Wildman–Crippen MR) is 57.4 cm³/mol. The first-order valence-electron chi connectivity index (χ1n) is 4.67. The number of halogens is 1. The van der Waals surface area contributed by atoms with Crippen LogP contribution < -0.4 is 0 Å². The fourth-order valence-corrected chi connectivity index (χ4v) is 1.70. The molecule has 0 radical (unpaired) electrons. The summed E-state index contributed by atoms with van der Waals surface area (Å²) in [5.41, 5.74) is 1.07. The molecule has 0 aliphatic heterocycles. The lowest BCUT2D eigenvalue weighted by Gasteiger charge is -2.09. The second-order valence-electron chi connectivity index (χ2n) is 3.68. The Labute approximate surface area is 89.3 Å². The average Bonchev–Trinajstić information content (AvgIpc) is 2.07. The summed E-state index contributed by atoms with van der Waals surface area (Å²) in [4.78, 5) is 14.8. The minimum Gasteiger partial charge on any atom is -0.300 e. The molecule has 2 nitrogen and oxygen atoms in total. The van der Waals surface area contributed by atoms with Crippen LogP contribution in [-0.2, 0) is 11.2 Å². The van der Waals surface area contributed by atoms with Crippen molar-refractivity contribution in [1.82, 2.24) is 4.98 Å². The minimum atomic E-state index is 0.225. The summed E-state index contributed by atoms with van der Waals surface area (Å²) in [7, 11) is 0. The number of Topliss-reactive ketones (excluding diaryl/α,β-unsaturated/α-hetero) is 1. The van der Waals surface area contributed by atoms with E-state index >= 15 is 0 Å². The molecular weight excluding hydrogens is 198 g/mol. The molecule has 1 aromatic rings. The molecule has 3 heteroatoms. The largest absolute Gasteiger partial charge is 0.300 e. The van der Waals surface area contributed by atoms with Crippen molar-refractivity contribution >= 4 is 17.4 Å². The molecule has 1 atom stereocenters. The number of aromatic nitrogens is 1. The third kappa shape index (κ3) is 3.46. The molecule has 1 aromatic heterocycles. The van der Waals surface area contributed by atoms with Gasteiger partial charge < -0.3 is 4.79 Å². The number of hydrogen-bond acceptors (Lipinski definition) is 2. The van der Waals surface area contributed by atoms with E-state index in [1.165, 1.54) is 0 Å². The molecule has 0 fully saturated rings. The van der Waals surface area contributed by atoms with Crippen molar-refractivity contribution in [3.8, 4) is 0 Å². The highest BCUT2D eigenvalue weighted by molar-refractivity contribution is 6.31. The second-order valence-corrected chi connectivity index (χ2v) is 4.09. The summed E-state index contributed by atoms with van der Waals surface area (Å²) in [6.45, 7) is 3.67. The van der Waals surface area contributed by atoms with Gasteiger partial charge in [0.2, 0.25) is 0 Å². The van der Waals surface area contributed by atoms with Crippen molar-refractivity contribution in [3.05, 3.63) is 29.0 Å². The Kier molecular flexibility index (Phi) is 4.08. The molecule has 1 rings (SSSR count). The summed E-state index contributed by atoms with van der Waals surface area (Å²) in [6, 6.07) is 1.90. The van der Waals surface area contributed by atoms with E-state index in [4.69, 9.17) is 11.6 Å². The lowest BCUT2D eigenvalue weighted by Crippen LogP contribution is -2.05. The molecule has 0 N–H and O–H groups in total. The molecule has 1 unspecified atom stereocenters. The van der Waals surface area contributed by atoms with E-state index < -0.39 is 0 Å². The zero-order valence-corrected chi connectivity index (χ0v) is 9.21. The van der Waals surface area contributed by atoms with Gasteiger partial charge in [0.15, 0.2) is 0 Å². The molecule has 0 aliphatic rings. The van der Waals surface area contributed by atoms with Gasteiger partial charge in [0.25, 0.3) is 0 Å². The van der Waals surface area contributed by atoms with Gasteiger partial charge in [-0.15, -0.1) is 0 Å². The number of ketones is 1. The first kappa shape index (κ1) is 11.2. The van der Waals surface area contributed by atoms with Gasteiger partial charge in [0.05, 0.1) is 5.02 Å². The fourth-order valence-electron chi connectivity index (χ4n) is 1.51. The summed E-state index contributed by atoms with van der Waals surface area (Å²) >= 11 is 5.96. The Morgan fingerprint density at radius 3 is 2.93 bits per heavy atom. The molecule has 1 heterocycles. The van der Waals surface area contributed by atoms with Crippen LogP contribution in [0.1, 0.15) is 25.8 Å². The standard InChI is InChI=1S/C11H14ClNO/c1-8(5-9(2)14)6-10-3-4-13-7-11(10)12/h3-4,7-8H,5-6H2,1-2H3. The van der Waals surface area contributed by atoms with Gasteiger partial charge in [0, 0.05) is 18.8 Å². The molecule has 0 aromatic carbocycles. The van der Waals surface area contributed by atoms with Crippen LogP contribution in [0.2, 0.25) is 5.02 Å². The van der Waals surface area contributed by atoms with Crippen LogP contribution in [-0.4, -0.2) is 10.8 Å². The molecule has 0 spiro atoms. The van der Waals surface area contributed by atoms with Crippen molar-refractivity contribution in [2.45, 2.75) is 26.7 Å². The summed E-state index contributed by atoms with van der Waals surface area (Å²) in [5.74, 6) is 0.565. The van der Waals surface area contributed by atoms with Gasteiger partial charge in [-0.05, 0) is 30.9 Å². The van der Waals surface area contributed by atoms with E-state index in [2.05, 4.69) is 11.9 Å². The lowest BCUT2D eigenvalue weighted by molar-refractivity contribution is -0.117. The van der Waals surface area contributed by atoms with Crippen LogP contribution in [0.3, 0.4) is 0 Å². The molecule has 76 valence electrons. The van der Waals surface area contributed by atoms with Gasteiger partial charge in [0.1, 0.15) is 5.78 Å². The van der Waals surface area contributed by atoms with Gasteiger partial charge >= 0.3 is 0 Å². The Morgan fingerprint density at radius 1 is 1.64 bits per heavy atom. The smallest absolute Gasteiger partial charge is 0.130 e. The number of carbonyl (C=O) groups is 1. The Bertz CT molecular complexity index is 325. The van der Waals surface area contributed by atoms with E-state index in [0.717, 1.165) is 12.0 Å². The number of pyridine rings is 1. The lowest BCUT2D eigenvalue weighted by atomic mass is 9.97. The second kappa shape index (κ2) is 5.11. The third-order valence-corrected chi connectivity index (χ3v) is 2.40. The molecular formula is C11H14ClNO. The molecule has 0 amide bonds. The minimum absolute atomic E-state index is 0.225. The normalized spacial score (nSPS) is 12.5. The molecule has 0 saturated carbocycles. The SMILES string of the molecule is CC(=O)CC(C)Cc1ccncc1Cl. The summed E-state index contributed by atoms with van der Waals surface area (Å²) < 4.78 is 0. The Balaban J connectivity index is 2.60. The van der Waals surface area contributed by atoms with E-state index in [1.807, 2.05) is 6.07 Å². The monoisotopic (exact) mass is 211 g/mol. The average molecular weight is 212 g/mol. The number of nitrogens with zero attached hydrogens (tertiary/aromatic N) is 1. The van der Waals surface area contributed by atoms with Crippen LogP contribution in [0, 0.1) is 5.92 Å². The summed E-state index contributed by atoms with van der Waals surface area (Å²) in [6.07, 6.45) is 4.80. The zero-order valence-electron chi connectivity index (χ0n) is 8.46. The maximum atomic E-state index is 10.9. The predicted octanol–water partition coefficient (Wildman–Crippen LogP) is 2.89. The van der Waals surface area contributed by atoms with Gasteiger partial charge in [-0.2, -0.15) is 0 Å². The third-order valence-electron chi connectivity index (χ3n) is 2.06. The maximum absolute atomic E-state index is 10.9. The molecule has 0 bridgehead atoms. The highest BCUT2D eigenvalue weighted by atomic mass is 35.5. The summed E-state index contributed by atoms with van der Waals surface area (Å²) in [5, 5.41) is 0.683. The highest BCUT2D eigenvalue weighted by Gasteiger charge is 2.08. The molecule has 0 saturated heterocycles. The fraction of sp³-hybridized carbons (Fsp3) is 0.455.